The van der Waals surface area contributed by atoms with Gasteiger partial charge in [0.05, 0.1) is 18.3 Å². The van der Waals surface area contributed by atoms with Crippen LogP contribution in [0.15, 0.2) is 42.5 Å². The highest BCUT2D eigenvalue weighted by molar-refractivity contribution is 5.96. The Morgan fingerprint density at radius 3 is 2.92 bits per heavy atom. The molecule has 2 N–H and O–H groups in total. The summed E-state index contributed by atoms with van der Waals surface area (Å²) in [6.07, 6.45) is 0. The van der Waals surface area contributed by atoms with Gasteiger partial charge in [-0.05, 0) is 36.2 Å². The van der Waals surface area contributed by atoms with Crippen molar-refractivity contribution in [3.8, 4) is 5.75 Å². The minimum atomic E-state index is -0.229. The molecule has 6 nitrogen and oxygen atoms in total. The standard InChI is InChI=1S/C19H20N2O4/c1-12(13-7-8-17-16(9-13)21-18(22)11-25-17)20-19(23)15-6-4-3-5-14(15)10-24-2/h3-9,12H,10-11H2,1-2H3,(H,20,23)(H,21,22)/t12-/m0/s1. The largest absolute Gasteiger partial charge is 0.482 e. The topological polar surface area (TPSA) is 76.7 Å². The van der Waals surface area contributed by atoms with Crippen molar-refractivity contribution in [1.82, 2.24) is 5.32 Å². The van der Waals surface area contributed by atoms with Crippen molar-refractivity contribution in [2.45, 2.75) is 19.6 Å². The Morgan fingerprint density at radius 2 is 2.12 bits per heavy atom. The molecular formula is C19H20N2O4. The molecule has 0 unspecified atom stereocenters. The third-order valence-electron chi connectivity index (χ3n) is 4.05. The molecule has 2 aromatic carbocycles. The third-order valence-corrected chi connectivity index (χ3v) is 4.05. The summed E-state index contributed by atoms with van der Waals surface area (Å²) in [6.45, 7) is 2.29. The first-order chi connectivity index (χ1) is 12.1. The summed E-state index contributed by atoms with van der Waals surface area (Å²) in [6, 6.07) is 12.6. The number of amides is 2. The molecule has 0 saturated carbocycles. The lowest BCUT2D eigenvalue weighted by molar-refractivity contribution is -0.118. The van der Waals surface area contributed by atoms with Crippen LogP contribution in [0.25, 0.3) is 0 Å². The zero-order chi connectivity index (χ0) is 17.8. The molecule has 2 aromatic rings. The van der Waals surface area contributed by atoms with E-state index in [1.807, 2.05) is 37.3 Å². The number of carbonyl (C=O) groups excluding carboxylic acids is 2. The fourth-order valence-corrected chi connectivity index (χ4v) is 2.75. The monoisotopic (exact) mass is 340 g/mol. The number of fused-ring (bicyclic) bond motifs is 1. The Balaban J connectivity index is 1.76. The van der Waals surface area contributed by atoms with Crippen LogP contribution < -0.4 is 15.4 Å². The molecule has 3 rings (SSSR count). The number of hydrogen-bond donors (Lipinski definition) is 2. The fraction of sp³-hybridized carbons (Fsp3) is 0.263. The van der Waals surface area contributed by atoms with Crippen LogP contribution in [0, 0.1) is 0 Å². The zero-order valence-corrected chi connectivity index (χ0v) is 14.2. The van der Waals surface area contributed by atoms with Gasteiger partial charge in [-0.1, -0.05) is 24.3 Å². The van der Waals surface area contributed by atoms with Gasteiger partial charge in [0.2, 0.25) is 0 Å². The molecule has 1 aliphatic rings. The Kier molecular flexibility index (Phi) is 5.00. The number of nitrogens with one attached hydrogen (secondary N) is 2. The predicted molar refractivity (Wildman–Crippen MR) is 93.6 cm³/mol. The summed E-state index contributed by atoms with van der Waals surface area (Å²) in [5.41, 5.74) is 2.92. The Bertz CT molecular complexity index is 804. The van der Waals surface area contributed by atoms with Crippen molar-refractivity contribution in [3.05, 3.63) is 59.2 Å². The minimum absolute atomic E-state index is 0.0227. The van der Waals surface area contributed by atoms with Crippen molar-refractivity contribution in [3.63, 3.8) is 0 Å². The first-order valence-electron chi connectivity index (χ1n) is 8.03. The molecule has 6 heteroatoms. The van der Waals surface area contributed by atoms with E-state index in [0.717, 1.165) is 11.1 Å². The first kappa shape index (κ1) is 17.0. The molecule has 130 valence electrons. The predicted octanol–water partition coefficient (Wildman–Crippen LogP) is 2.65. The number of rotatable bonds is 5. The zero-order valence-electron chi connectivity index (χ0n) is 14.2. The average molecular weight is 340 g/mol. The van der Waals surface area contributed by atoms with Crippen LogP contribution in [0.2, 0.25) is 0 Å². The fourth-order valence-electron chi connectivity index (χ4n) is 2.75. The van der Waals surface area contributed by atoms with Crippen molar-refractivity contribution >= 4 is 17.5 Å². The van der Waals surface area contributed by atoms with Gasteiger partial charge in [-0.2, -0.15) is 0 Å². The maximum absolute atomic E-state index is 12.6. The highest BCUT2D eigenvalue weighted by atomic mass is 16.5. The molecule has 0 bridgehead atoms. The summed E-state index contributed by atoms with van der Waals surface area (Å²) in [5.74, 6) is 0.278. The van der Waals surface area contributed by atoms with E-state index in [9.17, 15) is 9.59 Å². The number of carbonyl (C=O) groups is 2. The second-order valence-corrected chi connectivity index (χ2v) is 5.88. The molecule has 1 heterocycles. The molecule has 0 radical (unpaired) electrons. The molecule has 0 aromatic heterocycles. The van der Waals surface area contributed by atoms with Gasteiger partial charge in [0.1, 0.15) is 5.75 Å². The van der Waals surface area contributed by atoms with Gasteiger partial charge in [-0.3, -0.25) is 9.59 Å². The molecule has 0 spiro atoms. The number of hydrogen-bond acceptors (Lipinski definition) is 4. The van der Waals surface area contributed by atoms with E-state index in [0.29, 0.717) is 23.6 Å². The van der Waals surface area contributed by atoms with Crippen LogP contribution in [0.3, 0.4) is 0 Å². The smallest absolute Gasteiger partial charge is 0.262 e. The Morgan fingerprint density at radius 1 is 1.32 bits per heavy atom. The van der Waals surface area contributed by atoms with Crippen molar-refractivity contribution in [2.75, 3.05) is 19.0 Å². The van der Waals surface area contributed by atoms with E-state index in [1.165, 1.54) is 0 Å². The van der Waals surface area contributed by atoms with Gasteiger partial charge in [-0.15, -0.1) is 0 Å². The summed E-state index contributed by atoms with van der Waals surface area (Å²) < 4.78 is 10.5. The summed E-state index contributed by atoms with van der Waals surface area (Å²) >= 11 is 0. The van der Waals surface area contributed by atoms with Crippen LogP contribution in [0.5, 0.6) is 5.75 Å². The number of anilines is 1. The Labute approximate surface area is 146 Å². The van der Waals surface area contributed by atoms with E-state index in [-0.39, 0.29) is 24.5 Å². The summed E-state index contributed by atoms with van der Waals surface area (Å²) in [5, 5.41) is 5.75. The van der Waals surface area contributed by atoms with Gasteiger partial charge in [0.25, 0.3) is 11.8 Å². The quantitative estimate of drug-likeness (QED) is 0.877. The third kappa shape index (κ3) is 3.80. The highest BCUT2D eigenvalue weighted by Gasteiger charge is 2.19. The van der Waals surface area contributed by atoms with Crippen molar-refractivity contribution in [2.24, 2.45) is 0 Å². The summed E-state index contributed by atoms with van der Waals surface area (Å²) in [7, 11) is 1.60. The van der Waals surface area contributed by atoms with Crippen LogP contribution >= 0.6 is 0 Å². The number of ether oxygens (including phenoxy) is 2. The molecule has 25 heavy (non-hydrogen) atoms. The van der Waals surface area contributed by atoms with Crippen molar-refractivity contribution in [1.29, 1.82) is 0 Å². The normalized spacial score (nSPS) is 14.1. The van der Waals surface area contributed by atoms with E-state index < -0.39 is 0 Å². The maximum Gasteiger partial charge on any atom is 0.262 e. The van der Waals surface area contributed by atoms with Gasteiger partial charge < -0.3 is 20.1 Å². The second kappa shape index (κ2) is 7.36. The maximum atomic E-state index is 12.6. The van der Waals surface area contributed by atoms with E-state index in [2.05, 4.69) is 10.6 Å². The van der Waals surface area contributed by atoms with E-state index >= 15 is 0 Å². The number of methoxy groups -OCH3 is 1. The van der Waals surface area contributed by atoms with Crippen LogP contribution in [-0.4, -0.2) is 25.5 Å². The SMILES string of the molecule is COCc1ccccc1C(=O)N[C@@H](C)c1ccc2c(c1)NC(=O)CO2. The lowest BCUT2D eigenvalue weighted by Crippen LogP contribution is -2.28. The Hall–Kier alpha value is -2.86. The van der Waals surface area contributed by atoms with Crippen LogP contribution in [-0.2, 0) is 16.1 Å². The second-order valence-electron chi connectivity index (χ2n) is 5.88. The average Bonchev–Trinajstić information content (AvgIpc) is 2.61. The van der Waals surface area contributed by atoms with Gasteiger partial charge in [0, 0.05) is 12.7 Å². The summed E-state index contributed by atoms with van der Waals surface area (Å²) in [4.78, 5) is 24.1. The van der Waals surface area contributed by atoms with E-state index in [4.69, 9.17) is 9.47 Å². The lowest BCUT2D eigenvalue weighted by Gasteiger charge is -2.21. The molecule has 0 saturated heterocycles. The van der Waals surface area contributed by atoms with Crippen molar-refractivity contribution < 1.29 is 19.1 Å². The molecule has 0 fully saturated rings. The van der Waals surface area contributed by atoms with Gasteiger partial charge >= 0.3 is 0 Å². The van der Waals surface area contributed by atoms with Crippen LogP contribution in [0.1, 0.15) is 34.5 Å². The highest BCUT2D eigenvalue weighted by Crippen LogP contribution is 2.30. The first-order valence-corrected chi connectivity index (χ1v) is 8.03. The molecule has 0 aliphatic carbocycles. The van der Waals surface area contributed by atoms with Gasteiger partial charge in [-0.25, -0.2) is 0 Å². The van der Waals surface area contributed by atoms with E-state index in [1.54, 1.807) is 19.2 Å². The minimum Gasteiger partial charge on any atom is -0.482 e. The van der Waals surface area contributed by atoms with Crippen LogP contribution in [0.4, 0.5) is 5.69 Å². The number of benzene rings is 2. The molecule has 1 aliphatic heterocycles. The molecule has 2 amide bonds. The lowest BCUT2D eigenvalue weighted by atomic mass is 10.0. The van der Waals surface area contributed by atoms with Gasteiger partial charge in [0.15, 0.2) is 6.61 Å². The molecular weight excluding hydrogens is 320 g/mol. The molecule has 1 atom stereocenters.